The van der Waals surface area contributed by atoms with Crippen LogP contribution in [0, 0.1) is 13.8 Å². The first kappa shape index (κ1) is 22.2. The summed E-state index contributed by atoms with van der Waals surface area (Å²) in [7, 11) is 1.45. The fraction of sp³-hybridized carbons (Fsp3) is 0.185. The molecule has 1 aromatic heterocycles. The Hall–Kier alpha value is -3.58. The summed E-state index contributed by atoms with van der Waals surface area (Å²) in [5, 5.41) is 10.8. The number of ether oxygens (including phenoxy) is 1. The quantitative estimate of drug-likeness (QED) is 0.377. The Kier molecular flexibility index (Phi) is 5.44. The standard InChI is InChI=1S/C27H22BrNO5/c1-14-4-7-16(8-5-14)13-29-23(17-11-19(28)25(31)21(12-17)33-3)22-24(30)18-10-15(2)6-9-20(18)34-26(22)27(29)32/h4-12,23,31H,13H2,1-3H3/t23-/m0/s1. The monoisotopic (exact) mass is 519 g/mol. The number of carbonyl (C=O) groups excluding carboxylic acids is 1. The van der Waals surface area contributed by atoms with Gasteiger partial charge >= 0.3 is 0 Å². The molecule has 1 N–H and O–H groups in total. The molecule has 3 aromatic carbocycles. The SMILES string of the molecule is COc1cc([C@H]2c3c(oc4ccc(C)cc4c3=O)C(=O)N2Cc2ccc(C)cc2)cc(Br)c1O. The summed E-state index contributed by atoms with van der Waals surface area (Å²) in [6.45, 7) is 4.18. The van der Waals surface area contributed by atoms with Gasteiger partial charge in [-0.15, -0.1) is 0 Å². The molecule has 7 heteroatoms. The van der Waals surface area contributed by atoms with Gasteiger partial charge in [0.05, 0.1) is 28.6 Å². The Morgan fingerprint density at radius 3 is 2.44 bits per heavy atom. The van der Waals surface area contributed by atoms with Gasteiger partial charge in [0.1, 0.15) is 5.58 Å². The molecule has 0 fully saturated rings. The number of nitrogens with zero attached hydrogens (tertiary/aromatic N) is 1. The first-order valence-electron chi connectivity index (χ1n) is 10.8. The van der Waals surface area contributed by atoms with Gasteiger partial charge in [-0.2, -0.15) is 0 Å². The maximum atomic E-state index is 13.7. The first-order chi connectivity index (χ1) is 16.3. The number of carbonyl (C=O) groups is 1. The summed E-state index contributed by atoms with van der Waals surface area (Å²) in [4.78, 5) is 29.0. The number of halogens is 1. The third-order valence-corrected chi connectivity index (χ3v) is 6.79. The molecule has 5 rings (SSSR count). The molecular formula is C27H22BrNO5. The van der Waals surface area contributed by atoms with Crippen LogP contribution in [0.1, 0.15) is 44.4 Å². The van der Waals surface area contributed by atoms with Crippen molar-refractivity contribution in [1.82, 2.24) is 4.90 Å². The van der Waals surface area contributed by atoms with Crippen LogP contribution in [-0.2, 0) is 6.54 Å². The minimum Gasteiger partial charge on any atom is -0.503 e. The Morgan fingerprint density at radius 1 is 1.03 bits per heavy atom. The van der Waals surface area contributed by atoms with Crippen LogP contribution in [0.5, 0.6) is 11.5 Å². The van der Waals surface area contributed by atoms with Crippen molar-refractivity contribution in [2.75, 3.05) is 7.11 Å². The van der Waals surface area contributed by atoms with Gasteiger partial charge in [0, 0.05) is 6.54 Å². The first-order valence-corrected chi connectivity index (χ1v) is 11.6. The number of methoxy groups -OCH3 is 1. The largest absolute Gasteiger partial charge is 0.503 e. The molecule has 0 spiro atoms. The van der Waals surface area contributed by atoms with E-state index in [-0.39, 0.29) is 40.7 Å². The molecule has 1 atom stereocenters. The number of aryl methyl sites for hydroxylation is 2. The lowest BCUT2D eigenvalue weighted by atomic mass is 9.97. The number of fused-ring (bicyclic) bond motifs is 2. The zero-order valence-electron chi connectivity index (χ0n) is 18.9. The molecule has 34 heavy (non-hydrogen) atoms. The van der Waals surface area contributed by atoms with Crippen LogP contribution >= 0.6 is 15.9 Å². The van der Waals surface area contributed by atoms with Crippen molar-refractivity contribution < 1.29 is 19.1 Å². The third-order valence-electron chi connectivity index (χ3n) is 6.18. The summed E-state index contributed by atoms with van der Waals surface area (Å²) >= 11 is 3.37. The van der Waals surface area contributed by atoms with E-state index in [1.165, 1.54) is 7.11 Å². The molecule has 1 amide bonds. The number of hydrogen-bond donors (Lipinski definition) is 1. The van der Waals surface area contributed by atoms with Crippen LogP contribution in [0.4, 0.5) is 0 Å². The topological polar surface area (TPSA) is 80.0 Å². The lowest BCUT2D eigenvalue weighted by Crippen LogP contribution is -2.29. The normalized spacial score (nSPS) is 15.1. The summed E-state index contributed by atoms with van der Waals surface area (Å²) in [5.41, 5.74) is 4.01. The lowest BCUT2D eigenvalue weighted by Gasteiger charge is -2.26. The maximum absolute atomic E-state index is 13.7. The van der Waals surface area contributed by atoms with E-state index in [0.29, 0.717) is 21.0 Å². The van der Waals surface area contributed by atoms with Gasteiger partial charge in [0.25, 0.3) is 5.91 Å². The van der Waals surface area contributed by atoms with E-state index in [4.69, 9.17) is 9.15 Å². The molecule has 1 aliphatic rings. The smallest absolute Gasteiger partial charge is 0.291 e. The van der Waals surface area contributed by atoms with Crippen molar-refractivity contribution >= 4 is 32.8 Å². The van der Waals surface area contributed by atoms with Crippen molar-refractivity contribution in [1.29, 1.82) is 0 Å². The summed E-state index contributed by atoms with van der Waals surface area (Å²) in [6, 6.07) is 15.9. The van der Waals surface area contributed by atoms with Crippen molar-refractivity contribution in [3.05, 3.63) is 103 Å². The van der Waals surface area contributed by atoms with Gasteiger partial charge in [-0.25, -0.2) is 0 Å². The lowest BCUT2D eigenvalue weighted by molar-refractivity contribution is 0.0714. The van der Waals surface area contributed by atoms with E-state index in [1.54, 1.807) is 29.2 Å². The van der Waals surface area contributed by atoms with E-state index in [0.717, 1.165) is 16.7 Å². The average Bonchev–Trinajstić information content (AvgIpc) is 3.09. The molecule has 172 valence electrons. The highest BCUT2D eigenvalue weighted by atomic mass is 79.9. The van der Waals surface area contributed by atoms with Crippen LogP contribution in [0.3, 0.4) is 0 Å². The Bertz CT molecular complexity index is 1510. The van der Waals surface area contributed by atoms with Crippen LogP contribution in [0.15, 0.2) is 68.3 Å². The van der Waals surface area contributed by atoms with Gasteiger partial charge in [0.15, 0.2) is 16.9 Å². The van der Waals surface area contributed by atoms with Gasteiger partial charge in [-0.3, -0.25) is 9.59 Å². The van der Waals surface area contributed by atoms with Gasteiger partial charge < -0.3 is 19.2 Å². The van der Waals surface area contributed by atoms with Crippen LogP contribution < -0.4 is 10.2 Å². The van der Waals surface area contributed by atoms with E-state index in [2.05, 4.69) is 15.9 Å². The van der Waals surface area contributed by atoms with E-state index in [1.807, 2.05) is 44.2 Å². The zero-order valence-corrected chi connectivity index (χ0v) is 20.5. The minimum atomic E-state index is -0.712. The average molecular weight is 520 g/mol. The van der Waals surface area contributed by atoms with Crippen LogP contribution in [-0.4, -0.2) is 23.0 Å². The number of amides is 1. The molecular weight excluding hydrogens is 498 g/mol. The van der Waals surface area contributed by atoms with Gasteiger partial charge in [-0.05, 0) is 65.2 Å². The predicted octanol–water partition coefficient (Wildman–Crippen LogP) is 5.63. The summed E-state index contributed by atoms with van der Waals surface area (Å²) in [6.07, 6.45) is 0. The second-order valence-corrected chi connectivity index (χ2v) is 9.40. The van der Waals surface area contributed by atoms with Crippen LogP contribution in [0.2, 0.25) is 0 Å². The molecule has 0 bridgehead atoms. The number of benzene rings is 3. The second-order valence-electron chi connectivity index (χ2n) is 8.55. The number of phenolic OH excluding ortho intramolecular Hbond substituents is 1. The number of rotatable bonds is 4. The number of hydrogen-bond acceptors (Lipinski definition) is 5. The van der Waals surface area contributed by atoms with Crippen molar-refractivity contribution in [2.45, 2.75) is 26.4 Å². The maximum Gasteiger partial charge on any atom is 0.291 e. The highest BCUT2D eigenvalue weighted by molar-refractivity contribution is 9.10. The van der Waals surface area contributed by atoms with E-state index < -0.39 is 6.04 Å². The molecule has 0 radical (unpaired) electrons. The molecule has 0 saturated carbocycles. The molecule has 1 aliphatic heterocycles. The van der Waals surface area contributed by atoms with E-state index in [9.17, 15) is 14.7 Å². The van der Waals surface area contributed by atoms with E-state index >= 15 is 0 Å². The van der Waals surface area contributed by atoms with Crippen molar-refractivity contribution in [2.24, 2.45) is 0 Å². The highest BCUT2D eigenvalue weighted by Gasteiger charge is 2.43. The molecule has 6 nitrogen and oxygen atoms in total. The summed E-state index contributed by atoms with van der Waals surface area (Å²) in [5.74, 6) is -0.131. The van der Waals surface area contributed by atoms with Crippen LogP contribution in [0.25, 0.3) is 11.0 Å². The number of aromatic hydroxyl groups is 1. The highest BCUT2D eigenvalue weighted by Crippen LogP contribution is 2.44. The second kappa shape index (κ2) is 8.33. The fourth-order valence-corrected chi connectivity index (χ4v) is 4.90. The Balaban J connectivity index is 1.76. The minimum absolute atomic E-state index is 0.0432. The van der Waals surface area contributed by atoms with Gasteiger partial charge in [0.2, 0.25) is 5.76 Å². The molecule has 0 aliphatic carbocycles. The molecule has 4 aromatic rings. The van der Waals surface area contributed by atoms with Gasteiger partial charge in [-0.1, -0.05) is 41.5 Å². The molecule has 0 saturated heterocycles. The Labute approximate surface area is 204 Å². The third kappa shape index (κ3) is 3.56. The number of phenols is 1. The van der Waals surface area contributed by atoms with Crippen molar-refractivity contribution in [3.63, 3.8) is 0 Å². The van der Waals surface area contributed by atoms with Crippen molar-refractivity contribution in [3.8, 4) is 11.5 Å². The molecule has 0 unspecified atom stereocenters. The zero-order chi connectivity index (χ0) is 24.1. The Morgan fingerprint density at radius 2 is 1.74 bits per heavy atom. The molecule has 2 heterocycles. The fourth-order valence-electron chi connectivity index (χ4n) is 4.44. The predicted molar refractivity (Wildman–Crippen MR) is 132 cm³/mol. The summed E-state index contributed by atoms with van der Waals surface area (Å²) < 4.78 is 11.8.